The molecule has 0 saturated heterocycles. The summed E-state index contributed by atoms with van der Waals surface area (Å²) < 4.78 is 24.6. The lowest BCUT2D eigenvalue weighted by Gasteiger charge is -1.95. The number of nitro groups is 1. The van der Waals surface area contributed by atoms with Crippen molar-refractivity contribution in [1.82, 2.24) is 4.98 Å². The van der Waals surface area contributed by atoms with Gasteiger partial charge in [0.15, 0.2) is 0 Å². The van der Waals surface area contributed by atoms with Crippen LogP contribution in [-0.2, 0) is 0 Å². The molecule has 5 nitrogen and oxygen atoms in total. The van der Waals surface area contributed by atoms with Crippen molar-refractivity contribution in [2.24, 2.45) is 0 Å². The van der Waals surface area contributed by atoms with E-state index in [1.54, 1.807) is 0 Å². The number of nitrogens with zero attached hydrogens (tertiary/aromatic N) is 2. The van der Waals surface area contributed by atoms with Gasteiger partial charge in [0, 0.05) is 12.3 Å². The molecule has 58 valence electrons. The largest absolute Gasteiger partial charge is 0.481 e. The maximum atomic E-state index is 10.3. The van der Waals surface area contributed by atoms with E-state index in [1.807, 2.05) is 0 Å². The van der Waals surface area contributed by atoms with Gasteiger partial charge in [-0.05, 0) is 0 Å². The number of pyridine rings is 1. The Labute approximate surface area is 67.0 Å². The molecule has 0 aliphatic carbocycles. The first kappa shape index (κ1) is 4.27. The van der Waals surface area contributed by atoms with Crippen LogP contribution in [0.1, 0.15) is 4.11 Å². The van der Waals surface area contributed by atoms with E-state index in [1.165, 1.54) is 0 Å². The van der Waals surface area contributed by atoms with E-state index in [-0.39, 0.29) is 11.6 Å². The molecule has 0 aliphatic rings. The maximum absolute atomic E-state index is 10.3. The van der Waals surface area contributed by atoms with Crippen LogP contribution >= 0.6 is 0 Å². The highest BCUT2D eigenvalue weighted by Gasteiger charge is 2.05. The van der Waals surface area contributed by atoms with Crippen LogP contribution in [0.15, 0.2) is 18.3 Å². The third-order valence-electron chi connectivity index (χ3n) is 1.03. The molecule has 0 aliphatic heterocycles. The van der Waals surface area contributed by atoms with Crippen LogP contribution in [-0.4, -0.2) is 16.9 Å². The fourth-order valence-corrected chi connectivity index (χ4v) is 0.568. The van der Waals surface area contributed by atoms with Crippen LogP contribution in [0.4, 0.5) is 5.69 Å². The molecule has 5 heteroatoms. The Kier molecular flexibility index (Phi) is 1.15. The first-order chi connectivity index (χ1) is 6.38. The van der Waals surface area contributed by atoms with Gasteiger partial charge in [-0.15, -0.1) is 0 Å². The first-order valence-corrected chi connectivity index (χ1v) is 2.68. The summed E-state index contributed by atoms with van der Waals surface area (Å²) in [6.07, 6.45) is 1.11. The van der Waals surface area contributed by atoms with Crippen molar-refractivity contribution in [1.29, 1.82) is 0 Å². The Balaban J connectivity index is 2.89. The molecule has 1 aromatic heterocycles. The van der Waals surface area contributed by atoms with Crippen molar-refractivity contribution in [3.8, 4) is 5.88 Å². The van der Waals surface area contributed by atoms with Gasteiger partial charge in [-0.25, -0.2) is 4.98 Å². The molecule has 0 aromatic carbocycles. The molecule has 0 amide bonds. The Morgan fingerprint density at radius 1 is 1.91 bits per heavy atom. The van der Waals surface area contributed by atoms with Crippen LogP contribution in [0.5, 0.6) is 5.88 Å². The zero-order chi connectivity index (χ0) is 10.8. The van der Waals surface area contributed by atoms with Crippen LogP contribution < -0.4 is 4.74 Å². The van der Waals surface area contributed by atoms with Crippen LogP contribution in [0, 0.1) is 10.1 Å². The highest BCUT2D eigenvalue weighted by molar-refractivity contribution is 5.32. The Hall–Kier alpha value is -1.65. The fraction of sp³-hybridized carbons (Fsp3) is 0.167. The standard InChI is InChI=1S/C6H6N2O3/c1-11-6-4-5(8(9)10)2-3-7-6/h2-4H,1H3/i1D3. The number of hydrogen-bond acceptors (Lipinski definition) is 4. The van der Waals surface area contributed by atoms with Crippen molar-refractivity contribution >= 4 is 5.69 Å². The van der Waals surface area contributed by atoms with Gasteiger partial charge >= 0.3 is 0 Å². The number of hydrogen-bond donors (Lipinski definition) is 0. The topological polar surface area (TPSA) is 65.3 Å². The summed E-state index contributed by atoms with van der Waals surface area (Å²) >= 11 is 0. The van der Waals surface area contributed by atoms with E-state index in [0.717, 1.165) is 18.3 Å². The molecule has 0 atom stereocenters. The molecular formula is C6H6N2O3. The number of methoxy groups -OCH3 is 1. The van der Waals surface area contributed by atoms with Gasteiger partial charge in [0.05, 0.1) is 22.1 Å². The zero-order valence-corrected chi connectivity index (χ0v) is 5.35. The average molecular weight is 157 g/mol. The molecule has 1 heterocycles. The van der Waals surface area contributed by atoms with Crippen LogP contribution in [0.25, 0.3) is 0 Å². The Morgan fingerprint density at radius 2 is 2.73 bits per heavy atom. The van der Waals surface area contributed by atoms with Gasteiger partial charge in [-0.2, -0.15) is 0 Å². The van der Waals surface area contributed by atoms with E-state index in [2.05, 4.69) is 9.72 Å². The van der Waals surface area contributed by atoms with Gasteiger partial charge < -0.3 is 4.74 Å². The quantitative estimate of drug-likeness (QED) is 0.474. The molecule has 1 aromatic rings. The van der Waals surface area contributed by atoms with Gasteiger partial charge in [0.2, 0.25) is 5.88 Å². The minimum Gasteiger partial charge on any atom is -0.481 e. The van der Waals surface area contributed by atoms with E-state index in [0.29, 0.717) is 0 Å². The van der Waals surface area contributed by atoms with E-state index >= 15 is 0 Å². The number of ether oxygens (including phenoxy) is 1. The van der Waals surface area contributed by atoms with E-state index in [9.17, 15) is 10.1 Å². The summed E-state index contributed by atoms with van der Waals surface area (Å²) in [6, 6.07) is 2.10. The molecule has 0 saturated carbocycles. The Morgan fingerprint density at radius 3 is 3.36 bits per heavy atom. The van der Waals surface area contributed by atoms with Gasteiger partial charge in [-0.1, -0.05) is 0 Å². The molecular weight excluding hydrogens is 148 g/mol. The van der Waals surface area contributed by atoms with Crippen molar-refractivity contribution in [3.05, 3.63) is 28.4 Å². The van der Waals surface area contributed by atoms with Crippen molar-refractivity contribution in [2.45, 2.75) is 0 Å². The summed E-state index contributed by atoms with van der Waals surface area (Å²) in [5.41, 5.74) is -0.265. The molecule has 0 bridgehead atoms. The lowest BCUT2D eigenvalue weighted by Crippen LogP contribution is -1.91. The lowest BCUT2D eigenvalue weighted by molar-refractivity contribution is -0.385. The average Bonchev–Trinajstić information content (AvgIpc) is 2.01. The van der Waals surface area contributed by atoms with Crippen LogP contribution in [0.2, 0.25) is 0 Å². The van der Waals surface area contributed by atoms with Gasteiger partial charge in [0.1, 0.15) is 0 Å². The summed E-state index contributed by atoms with van der Waals surface area (Å²) in [6.45, 7) is 0. The third-order valence-corrected chi connectivity index (χ3v) is 1.03. The number of rotatable bonds is 2. The molecule has 0 radical (unpaired) electrons. The predicted octanol–water partition coefficient (Wildman–Crippen LogP) is 0.998. The molecule has 0 N–H and O–H groups in total. The second-order valence-electron chi connectivity index (χ2n) is 1.71. The summed E-state index contributed by atoms with van der Waals surface area (Å²) in [5, 5.41) is 10.3. The van der Waals surface area contributed by atoms with Gasteiger partial charge in [0.25, 0.3) is 5.69 Å². The van der Waals surface area contributed by atoms with Gasteiger partial charge in [-0.3, -0.25) is 10.1 Å². The summed E-state index contributed by atoms with van der Waals surface area (Å²) in [5.74, 6) is -0.292. The normalized spacial score (nSPS) is 14.4. The summed E-state index contributed by atoms with van der Waals surface area (Å²) in [7, 11) is -2.65. The highest BCUT2D eigenvalue weighted by atomic mass is 16.6. The summed E-state index contributed by atoms with van der Waals surface area (Å²) in [4.78, 5) is 13.2. The Bertz CT molecular complexity index is 352. The lowest BCUT2D eigenvalue weighted by atomic mass is 10.4. The minimum atomic E-state index is -2.65. The molecule has 1 rings (SSSR count). The van der Waals surface area contributed by atoms with Crippen molar-refractivity contribution < 1.29 is 13.8 Å². The van der Waals surface area contributed by atoms with Crippen molar-refractivity contribution in [3.63, 3.8) is 0 Å². The molecule has 0 fully saturated rings. The molecule has 0 spiro atoms. The molecule has 0 unspecified atom stereocenters. The predicted molar refractivity (Wildman–Crippen MR) is 37.4 cm³/mol. The van der Waals surface area contributed by atoms with E-state index in [4.69, 9.17) is 4.11 Å². The fourth-order valence-electron chi connectivity index (χ4n) is 0.568. The highest BCUT2D eigenvalue weighted by Crippen LogP contribution is 2.14. The SMILES string of the molecule is [2H]C([2H])([2H])Oc1cc([N+](=O)[O-])ccn1. The third kappa shape index (κ3) is 1.64. The minimum absolute atomic E-state index is 0.265. The monoisotopic (exact) mass is 157 g/mol. The van der Waals surface area contributed by atoms with E-state index < -0.39 is 12.0 Å². The second kappa shape index (κ2) is 2.96. The zero-order valence-electron chi connectivity index (χ0n) is 8.35. The van der Waals surface area contributed by atoms with Crippen LogP contribution in [0.3, 0.4) is 0 Å². The second-order valence-corrected chi connectivity index (χ2v) is 1.71. The first-order valence-electron chi connectivity index (χ1n) is 4.18. The molecule has 11 heavy (non-hydrogen) atoms. The maximum Gasteiger partial charge on any atom is 0.276 e. The van der Waals surface area contributed by atoms with Crippen molar-refractivity contribution in [2.75, 3.05) is 7.04 Å². The number of aromatic nitrogens is 1. The smallest absolute Gasteiger partial charge is 0.276 e.